The maximum atomic E-state index is 12.5. The predicted molar refractivity (Wildman–Crippen MR) is 125 cm³/mol. The van der Waals surface area contributed by atoms with Crippen molar-refractivity contribution in [3.63, 3.8) is 0 Å². The summed E-state index contributed by atoms with van der Waals surface area (Å²) in [5.41, 5.74) is 2.65. The molecule has 2 N–H and O–H groups in total. The van der Waals surface area contributed by atoms with E-state index >= 15 is 0 Å². The molecule has 0 bridgehead atoms. The predicted octanol–water partition coefficient (Wildman–Crippen LogP) is 3.33. The molecule has 0 spiro atoms. The van der Waals surface area contributed by atoms with Gasteiger partial charge in [0, 0.05) is 25.8 Å². The fraction of sp³-hybridized carbons (Fsp3) is 0.455. The molecule has 0 saturated carbocycles. The lowest BCUT2D eigenvalue weighted by Gasteiger charge is -2.19. The third-order valence-electron chi connectivity index (χ3n) is 4.88. The summed E-state index contributed by atoms with van der Waals surface area (Å²) in [6.45, 7) is 8.64. The lowest BCUT2D eigenvalue weighted by molar-refractivity contribution is 0.0952. The van der Waals surface area contributed by atoms with E-state index in [2.05, 4.69) is 46.5 Å². The molecule has 0 fully saturated rings. The Morgan fingerprint density at radius 2 is 1.90 bits per heavy atom. The summed E-state index contributed by atoms with van der Waals surface area (Å²) in [4.78, 5) is 21.6. The van der Waals surface area contributed by atoms with Crippen LogP contribution in [-0.2, 0) is 16.7 Å². The van der Waals surface area contributed by atoms with Gasteiger partial charge in [-0.2, -0.15) is 5.10 Å². The summed E-state index contributed by atoms with van der Waals surface area (Å²) < 4.78 is 6.89. The molecular weight excluding hydrogens is 412 g/mol. The molecule has 8 nitrogen and oxygen atoms in total. The van der Waals surface area contributed by atoms with Crippen LogP contribution in [0.3, 0.4) is 0 Å². The zero-order valence-corrected chi connectivity index (χ0v) is 19.5. The molecule has 0 aliphatic heterocycles. The Hall–Kier alpha value is -2.65. The van der Waals surface area contributed by atoms with E-state index in [0.717, 1.165) is 16.9 Å². The molecule has 0 aliphatic carbocycles. The number of carbonyl (C=O) groups is 1. The van der Waals surface area contributed by atoms with Crippen LogP contribution in [-0.4, -0.2) is 58.7 Å². The van der Waals surface area contributed by atoms with Crippen molar-refractivity contribution < 1.29 is 9.53 Å². The Bertz CT molecular complexity index is 1030. The highest BCUT2D eigenvalue weighted by atomic mass is 32.2. The number of nitrogens with one attached hydrogen (secondary N) is 2. The molecule has 1 amide bonds. The minimum atomic E-state index is -0.0988. The summed E-state index contributed by atoms with van der Waals surface area (Å²) in [5, 5.41) is 12.2. The SMILES string of the molecule is COCCNc1nc(SC)nc2c1cnn2CCNC(=O)c1ccc(C(C)(C)C)cc1. The first-order valence-corrected chi connectivity index (χ1v) is 11.4. The molecule has 31 heavy (non-hydrogen) atoms. The minimum absolute atomic E-state index is 0.0604. The van der Waals surface area contributed by atoms with Crippen molar-refractivity contribution in [3.05, 3.63) is 41.6 Å². The van der Waals surface area contributed by atoms with Gasteiger partial charge in [-0.05, 0) is 29.4 Å². The molecule has 2 heterocycles. The first-order chi connectivity index (χ1) is 14.8. The van der Waals surface area contributed by atoms with Gasteiger partial charge in [0.1, 0.15) is 5.82 Å². The molecule has 0 aliphatic rings. The zero-order valence-electron chi connectivity index (χ0n) is 18.7. The summed E-state index contributed by atoms with van der Waals surface area (Å²) in [5.74, 6) is 0.638. The third-order valence-corrected chi connectivity index (χ3v) is 5.43. The van der Waals surface area contributed by atoms with Crippen LogP contribution in [0.5, 0.6) is 0 Å². The number of hydrogen-bond acceptors (Lipinski definition) is 7. The molecule has 166 valence electrons. The van der Waals surface area contributed by atoms with Crippen molar-refractivity contribution >= 4 is 34.5 Å². The van der Waals surface area contributed by atoms with Crippen LogP contribution >= 0.6 is 11.8 Å². The van der Waals surface area contributed by atoms with E-state index in [-0.39, 0.29) is 11.3 Å². The second-order valence-corrected chi connectivity index (χ2v) is 8.94. The van der Waals surface area contributed by atoms with Gasteiger partial charge in [0.2, 0.25) is 0 Å². The van der Waals surface area contributed by atoms with Crippen molar-refractivity contribution in [1.82, 2.24) is 25.1 Å². The van der Waals surface area contributed by atoms with E-state index in [0.29, 0.717) is 37.0 Å². The van der Waals surface area contributed by atoms with Crippen LogP contribution in [0.25, 0.3) is 11.0 Å². The van der Waals surface area contributed by atoms with Crippen LogP contribution < -0.4 is 10.6 Å². The second-order valence-electron chi connectivity index (χ2n) is 8.17. The van der Waals surface area contributed by atoms with Crippen LogP contribution in [0.15, 0.2) is 35.6 Å². The Morgan fingerprint density at radius 1 is 1.16 bits per heavy atom. The number of aromatic nitrogens is 4. The number of ether oxygens (including phenoxy) is 1. The number of nitrogens with zero attached hydrogens (tertiary/aromatic N) is 4. The van der Waals surface area contributed by atoms with E-state index in [1.165, 1.54) is 17.3 Å². The number of fused-ring (bicyclic) bond motifs is 1. The number of thioether (sulfide) groups is 1. The van der Waals surface area contributed by atoms with E-state index < -0.39 is 0 Å². The molecule has 0 radical (unpaired) electrons. The highest BCUT2D eigenvalue weighted by Crippen LogP contribution is 2.24. The Morgan fingerprint density at radius 3 is 2.55 bits per heavy atom. The zero-order chi connectivity index (χ0) is 22.4. The van der Waals surface area contributed by atoms with Crippen LogP contribution in [0.4, 0.5) is 5.82 Å². The van der Waals surface area contributed by atoms with Gasteiger partial charge in [-0.15, -0.1) is 0 Å². The molecule has 0 unspecified atom stereocenters. The van der Waals surface area contributed by atoms with Crippen molar-refractivity contribution in [3.8, 4) is 0 Å². The maximum absolute atomic E-state index is 12.5. The topological polar surface area (TPSA) is 94.0 Å². The Balaban J connectivity index is 1.66. The number of amides is 1. The monoisotopic (exact) mass is 442 g/mol. The molecule has 0 saturated heterocycles. The number of anilines is 1. The quantitative estimate of drug-likeness (QED) is 0.298. The van der Waals surface area contributed by atoms with Gasteiger partial charge in [-0.3, -0.25) is 4.79 Å². The van der Waals surface area contributed by atoms with Crippen molar-refractivity contribution in [1.29, 1.82) is 0 Å². The number of methoxy groups -OCH3 is 1. The van der Waals surface area contributed by atoms with Crippen LogP contribution in [0, 0.1) is 0 Å². The fourth-order valence-electron chi connectivity index (χ4n) is 3.10. The Kier molecular flexibility index (Phi) is 7.50. The maximum Gasteiger partial charge on any atom is 0.251 e. The van der Waals surface area contributed by atoms with Gasteiger partial charge in [0.25, 0.3) is 5.91 Å². The van der Waals surface area contributed by atoms with Gasteiger partial charge in [-0.1, -0.05) is 44.7 Å². The van der Waals surface area contributed by atoms with Crippen LogP contribution in [0.2, 0.25) is 0 Å². The summed E-state index contributed by atoms with van der Waals surface area (Å²) in [6, 6.07) is 7.76. The van der Waals surface area contributed by atoms with Gasteiger partial charge in [-0.25, -0.2) is 14.6 Å². The smallest absolute Gasteiger partial charge is 0.251 e. The summed E-state index contributed by atoms with van der Waals surface area (Å²) in [7, 11) is 1.66. The summed E-state index contributed by atoms with van der Waals surface area (Å²) >= 11 is 1.47. The number of hydrogen-bond donors (Lipinski definition) is 2. The van der Waals surface area contributed by atoms with Crippen molar-refractivity contribution in [2.75, 3.05) is 38.4 Å². The average Bonchev–Trinajstić information content (AvgIpc) is 3.16. The summed E-state index contributed by atoms with van der Waals surface area (Å²) in [6.07, 6.45) is 3.69. The Labute approximate surface area is 187 Å². The standard InChI is InChI=1S/C22H30N6O2S/c1-22(2,3)16-8-6-15(7-9-16)20(29)24-10-12-28-19-17(14-25-28)18(23-11-13-30-4)26-21(27-19)31-5/h6-9,14H,10-13H2,1-5H3,(H,24,29)(H,23,26,27). The highest BCUT2D eigenvalue weighted by molar-refractivity contribution is 7.98. The van der Waals surface area contributed by atoms with Gasteiger partial charge >= 0.3 is 0 Å². The normalized spacial score (nSPS) is 11.6. The van der Waals surface area contributed by atoms with Gasteiger partial charge in [0.15, 0.2) is 10.8 Å². The van der Waals surface area contributed by atoms with Crippen molar-refractivity contribution in [2.24, 2.45) is 0 Å². The highest BCUT2D eigenvalue weighted by Gasteiger charge is 2.15. The molecule has 3 rings (SSSR count). The molecule has 3 aromatic rings. The number of benzene rings is 1. The third kappa shape index (κ3) is 5.74. The molecule has 9 heteroatoms. The molecular formula is C22H30N6O2S. The van der Waals surface area contributed by atoms with Crippen LogP contribution in [0.1, 0.15) is 36.7 Å². The molecule has 1 aromatic carbocycles. The van der Waals surface area contributed by atoms with E-state index in [4.69, 9.17) is 4.74 Å². The lowest BCUT2D eigenvalue weighted by Crippen LogP contribution is -2.27. The second kappa shape index (κ2) is 10.1. The lowest BCUT2D eigenvalue weighted by atomic mass is 9.87. The van der Waals surface area contributed by atoms with E-state index in [1.54, 1.807) is 18.0 Å². The molecule has 0 atom stereocenters. The average molecular weight is 443 g/mol. The number of rotatable bonds is 9. The first kappa shape index (κ1) is 23.0. The van der Waals surface area contributed by atoms with E-state index in [1.807, 2.05) is 30.5 Å². The van der Waals surface area contributed by atoms with E-state index in [9.17, 15) is 4.79 Å². The van der Waals surface area contributed by atoms with Gasteiger partial charge < -0.3 is 15.4 Å². The van der Waals surface area contributed by atoms with Crippen molar-refractivity contribution in [2.45, 2.75) is 37.9 Å². The fourth-order valence-corrected chi connectivity index (χ4v) is 3.46. The largest absolute Gasteiger partial charge is 0.383 e. The molecule has 2 aromatic heterocycles. The van der Waals surface area contributed by atoms with Gasteiger partial charge in [0.05, 0.1) is 24.7 Å². The first-order valence-electron chi connectivity index (χ1n) is 10.2. The minimum Gasteiger partial charge on any atom is -0.383 e. The number of carbonyl (C=O) groups excluding carboxylic acids is 1.